The zero-order valence-electron chi connectivity index (χ0n) is 14.6. The molecule has 1 aromatic heterocycles. The van der Waals surface area contributed by atoms with Crippen molar-refractivity contribution in [3.8, 4) is 0 Å². The van der Waals surface area contributed by atoms with E-state index in [9.17, 15) is 17.6 Å². The van der Waals surface area contributed by atoms with Gasteiger partial charge in [-0.3, -0.25) is 14.4 Å². The molecule has 0 saturated carbocycles. The van der Waals surface area contributed by atoms with Crippen molar-refractivity contribution in [3.05, 3.63) is 30.1 Å². The summed E-state index contributed by atoms with van der Waals surface area (Å²) in [5.41, 5.74) is 0.199. The highest BCUT2D eigenvalue weighted by atomic mass is 32.2. The number of hydrogen-bond donors (Lipinski definition) is 1. The smallest absolute Gasteiger partial charge is 0.249 e. The number of hydrogen-bond acceptors (Lipinski definition) is 7. The molecule has 0 saturated heterocycles. The summed E-state index contributed by atoms with van der Waals surface area (Å²) in [4.78, 5) is 12.5. The van der Waals surface area contributed by atoms with Gasteiger partial charge in [0.2, 0.25) is 21.1 Å². The normalized spacial score (nSPS) is 12.8. The third-order valence-corrected chi connectivity index (χ3v) is 6.31. The Morgan fingerprint density at radius 1 is 1.23 bits per heavy atom. The number of halogens is 1. The number of sulfonamides is 1. The summed E-state index contributed by atoms with van der Waals surface area (Å²) in [6, 6.07) is 3.84. The van der Waals surface area contributed by atoms with E-state index in [1.807, 2.05) is 13.8 Å². The summed E-state index contributed by atoms with van der Waals surface area (Å²) in [5.74, 6) is -1.06. The number of amides is 1. The predicted octanol–water partition coefficient (Wildman–Crippen LogP) is 2.97. The number of thioether (sulfide) groups is 1. The highest BCUT2D eigenvalue weighted by Gasteiger charge is 2.29. The van der Waals surface area contributed by atoms with Gasteiger partial charge in [0.15, 0.2) is 4.34 Å². The molecule has 1 N–H and O–H groups in total. The van der Waals surface area contributed by atoms with E-state index in [1.165, 1.54) is 42.2 Å². The lowest BCUT2D eigenvalue weighted by molar-refractivity contribution is -0.116. The molecule has 7 nitrogen and oxygen atoms in total. The molecular formula is C15H19FN4O3S3. The molecule has 0 spiro atoms. The monoisotopic (exact) mass is 418 g/mol. The average molecular weight is 419 g/mol. The Balaban J connectivity index is 2.19. The minimum atomic E-state index is -3.76. The van der Waals surface area contributed by atoms with Crippen LogP contribution in [0, 0.1) is 5.82 Å². The first-order valence-electron chi connectivity index (χ1n) is 7.64. The van der Waals surface area contributed by atoms with Crippen LogP contribution in [-0.2, 0) is 14.8 Å². The second kappa shape index (κ2) is 8.31. The Bertz CT molecular complexity index is 869. The lowest BCUT2D eigenvalue weighted by Gasteiger charge is -2.27. The van der Waals surface area contributed by atoms with Crippen molar-refractivity contribution in [2.24, 2.45) is 0 Å². The van der Waals surface area contributed by atoms with Crippen LogP contribution in [0.1, 0.15) is 20.8 Å². The fourth-order valence-electron chi connectivity index (χ4n) is 2.12. The second-order valence-corrected chi connectivity index (χ2v) is 10.4. The van der Waals surface area contributed by atoms with Gasteiger partial charge in [-0.25, -0.2) is 12.8 Å². The maximum Gasteiger partial charge on any atom is 0.249 e. The number of nitrogens with one attached hydrogen (secondary N) is 1. The lowest BCUT2D eigenvalue weighted by atomic mass is 10.2. The van der Waals surface area contributed by atoms with Crippen LogP contribution in [0.5, 0.6) is 0 Å². The van der Waals surface area contributed by atoms with Crippen molar-refractivity contribution in [3.63, 3.8) is 0 Å². The molecule has 2 aromatic rings. The molecular weight excluding hydrogens is 399 g/mol. The van der Waals surface area contributed by atoms with E-state index in [1.54, 1.807) is 0 Å². The first-order valence-corrected chi connectivity index (χ1v) is 11.2. The SMILES string of the molecule is CC(C)Sc1nnc(NC(=O)[C@H](C)N(c2ccc(F)cc2)S(C)(=O)=O)s1. The van der Waals surface area contributed by atoms with E-state index in [4.69, 9.17) is 0 Å². The van der Waals surface area contributed by atoms with E-state index in [0.717, 1.165) is 22.7 Å². The Morgan fingerprint density at radius 3 is 2.38 bits per heavy atom. The number of carbonyl (C=O) groups excluding carboxylic acids is 1. The van der Waals surface area contributed by atoms with E-state index in [-0.39, 0.29) is 10.8 Å². The first-order chi connectivity index (χ1) is 12.1. The molecule has 0 fully saturated rings. The molecule has 0 aliphatic carbocycles. The Kier molecular flexibility index (Phi) is 6.58. The summed E-state index contributed by atoms with van der Waals surface area (Å²) >= 11 is 2.73. The number of rotatable bonds is 7. The summed E-state index contributed by atoms with van der Waals surface area (Å²) in [7, 11) is -3.76. The van der Waals surface area contributed by atoms with Crippen molar-refractivity contribution < 1.29 is 17.6 Å². The minimum Gasteiger partial charge on any atom is -0.299 e. The largest absolute Gasteiger partial charge is 0.299 e. The maximum atomic E-state index is 13.1. The van der Waals surface area contributed by atoms with Crippen LogP contribution >= 0.6 is 23.1 Å². The van der Waals surface area contributed by atoms with Gasteiger partial charge in [-0.2, -0.15) is 0 Å². The van der Waals surface area contributed by atoms with Gasteiger partial charge in [0, 0.05) is 5.25 Å². The number of benzene rings is 1. The fourth-order valence-corrected chi connectivity index (χ4v) is 5.27. The van der Waals surface area contributed by atoms with Crippen LogP contribution in [0.3, 0.4) is 0 Å². The van der Waals surface area contributed by atoms with Crippen molar-refractivity contribution in [1.82, 2.24) is 10.2 Å². The lowest BCUT2D eigenvalue weighted by Crippen LogP contribution is -2.45. The van der Waals surface area contributed by atoms with E-state index in [0.29, 0.717) is 9.59 Å². The molecule has 2 rings (SSSR count). The summed E-state index contributed by atoms with van der Waals surface area (Å²) in [6.45, 7) is 5.47. The molecule has 11 heteroatoms. The van der Waals surface area contributed by atoms with Gasteiger partial charge in [-0.15, -0.1) is 10.2 Å². The van der Waals surface area contributed by atoms with Crippen molar-refractivity contribution in [2.45, 2.75) is 36.4 Å². The molecule has 0 bridgehead atoms. The van der Waals surface area contributed by atoms with Crippen LogP contribution in [0.15, 0.2) is 28.6 Å². The third-order valence-electron chi connectivity index (χ3n) is 3.14. The molecule has 1 atom stereocenters. The highest BCUT2D eigenvalue weighted by molar-refractivity contribution is 8.01. The summed E-state index contributed by atoms with van der Waals surface area (Å²) in [5, 5.41) is 11.1. The second-order valence-electron chi connectivity index (χ2n) is 5.74. The molecule has 0 aliphatic rings. The zero-order valence-corrected chi connectivity index (χ0v) is 17.1. The number of aromatic nitrogens is 2. The fraction of sp³-hybridized carbons (Fsp3) is 0.400. The summed E-state index contributed by atoms with van der Waals surface area (Å²) < 4.78 is 39.1. The van der Waals surface area contributed by atoms with Gasteiger partial charge in [0.1, 0.15) is 11.9 Å². The number of anilines is 2. The van der Waals surface area contributed by atoms with Gasteiger partial charge in [-0.05, 0) is 31.2 Å². The summed E-state index contributed by atoms with van der Waals surface area (Å²) in [6.07, 6.45) is 0.989. The maximum absolute atomic E-state index is 13.1. The van der Waals surface area contributed by atoms with Gasteiger partial charge < -0.3 is 0 Å². The molecule has 0 unspecified atom stereocenters. The van der Waals surface area contributed by atoms with E-state index in [2.05, 4.69) is 15.5 Å². The standard InChI is InChI=1S/C15H19FN4O3S3/c1-9(2)24-15-19-18-14(25-15)17-13(21)10(3)20(26(4,22)23)12-7-5-11(16)6-8-12/h5-10H,1-4H3,(H,17,18,21)/t10-/m0/s1. The molecule has 1 heterocycles. The quantitative estimate of drug-likeness (QED) is 0.549. The molecule has 1 aromatic carbocycles. The zero-order chi connectivity index (χ0) is 19.5. The number of carbonyl (C=O) groups is 1. The highest BCUT2D eigenvalue weighted by Crippen LogP contribution is 2.29. The van der Waals surface area contributed by atoms with Crippen molar-refractivity contribution >= 4 is 49.8 Å². The molecule has 0 radical (unpaired) electrons. The molecule has 26 heavy (non-hydrogen) atoms. The predicted molar refractivity (Wildman–Crippen MR) is 103 cm³/mol. The third kappa shape index (κ3) is 5.39. The Labute approximate surface area is 160 Å². The molecule has 1 amide bonds. The van der Waals surface area contributed by atoms with E-state index >= 15 is 0 Å². The Hall–Kier alpha value is -1.72. The minimum absolute atomic E-state index is 0.199. The molecule has 0 aliphatic heterocycles. The van der Waals surface area contributed by atoms with E-state index < -0.39 is 27.8 Å². The average Bonchev–Trinajstić information content (AvgIpc) is 2.94. The number of nitrogens with zero attached hydrogens (tertiary/aromatic N) is 3. The Morgan fingerprint density at radius 2 is 1.85 bits per heavy atom. The van der Waals surface area contributed by atoms with Crippen LogP contribution < -0.4 is 9.62 Å². The van der Waals surface area contributed by atoms with Crippen LogP contribution in [0.25, 0.3) is 0 Å². The van der Waals surface area contributed by atoms with Crippen LogP contribution in [0.2, 0.25) is 0 Å². The molecule has 142 valence electrons. The van der Waals surface area contributed by atoms with Gasteiger partial charge >= 0.3 is 0 Å². The topological polar surface area (TPSA) is 92.3 Å². The van der Waals surface area contributed by atoms with Crippen LogP contribution in [-0.4, -0.2) is 42.1 Å². The van der Waals surface area contributed by atoms with Gasteiger partial charge in [0.25, 0.3) is 0 Å². The van der Waals surface area contributed by atoms with Crippen molar-refractivity contribution in [1.29, 1.82) is 0 Å². The van der Waals surface area contributed by atoms with Gasteiger partial charge in [0.05, 0.1) is 11.9 Å². The van der Waals surface area contributed by atoms with Crippen molar-refractivity contribution in [2.75, 3.05) is 15.9 Å². The first kappa shape index (κ1) is 20.6. The van der Waals surface area contributed by atoms with Crippen LogP contribution in [0.4, 0.5) is 15.2 Å². The van der Waals surface area contributed by atoms with Gasteiger partial charge in [-0.1, -0.05) is 36.9 Å².